The molecule has 0 bridgehead atoms. The summed E-state index contributed by atoms with van der Waals surface area (Å²) in [7, 11) is 0. The molecule has 0 saturated carbocycles. The van der Waals surface area contributed by atoms with Crippen LogP contribution in [0, 0.1) is 6.92 Å². The van der Waals surface area contributed by atoms with Crippen LogP contribution in [0.15, 0.2) is 21.2 Å². The third-order valence-corrected chi connectivity index (χ3v) is 3.93. The fraction of sp³-hybridized carbons (Fsp3) is 0.571. The van der Waals surface area contributed by atoms with E-state index < -0.39 is 0 Å². The number of aryl methyl sites for hydroxylation is 1. The van der Waals surface area contributed by atoms with E-state index in [0.717, 1.165) is 28.9 Å². The molecule has 0 aromatic carbocycles. The van der Waals surface area contributed by atoms with Crippen LogP contribution >= 0.6 is 11.8 Å². The van der Waals surface area contributed by atoms with E-state index in [1.165, 1.54) is 0 Å². The van der Waals surface area contributed by atoms with Crippen molar-refractivity contribution in [2.75, 3.05) is 0 Å². The summed E-state index contributed by atoms with van der Waals surface area (Å²) in [6.07, 6.45) is 1.83. The summed E-state index contributed by atoms with van der Waals surface area (Å²) in [5.41, 5.74) is 0.954. The van der Waals surface area contributed by atoms with Gasteiger partial charge in [0.2, 0.25) is 5.89 Å². The number of oxazole rings is 1. The largest absolute Gasteiger partial charge is 0.444 e. The van der Waals surface area contributed by atoms with Gasteiger partial charge >= 0.3 is 0 Å². The molecule has 0 saturated heterocycles. The fourth-order valence-corrected chi connectivity index (χ4v) is 2.40. The van der Waals surface area contributed by atoms with Crippen molar-refractivity contribution >= 4 is 11.8 Å². The number of hydrogen-bond acceptors (Lipinski definition) is 5. The molecule has 0 N–H and O–H groups in total. The summed E-state index contributed by atoms with van der Waals surface area (Å²) in [5.74, 6) is 3.34. The molecule has 0 amide bonds. The Morgan fingerprint density at radius 2 is 2.11 bits per heavy atom. The molecule has 1 atom stereocenters. The highest BCUT2D eigenvalue weighted by Gasteiger charge is 2.21. The van der Waals surface area contributed by atoms with Crippen molar-refractivity contribution in [3.63, 3.8) is 0 Å². The highest BCUT2D eigenvalue weighted by molar-refractivity contribution is 7.98. The maximum Gasteiger partial charge on any atom is 0.207 e. The SMILES string of the molecule is Cc1cc(CS[C@@H](C)c2ncc(C(C)(C)C)o2)no1. The van der Waals surface area contributed by atoms with Crippen molar-refractivity contribution in [1.82, 2.24) is 10.1 Å². The topological polar surface area (TPSA) is 52.1 Å². The molecule has 0 aliphatic rings. The van der Waals surface area contributed by atoms with Crippen molar-refractivity contribution in [1.29, 1.82) is 0 Å². The first-order valence-electron chi connectivity index (χ1n) is 6.36. The Labute approximate surface area is 118 Å². The van der Waals surface area contributed by atoms with Gasteiger partial charge in [-0.05, 0) is 13.8 Å². The van der Waals surface area contributed by atoms with Crippen molar-refractivity contribution in [2.45, 2.75) is 51.0 Å². The summed E-state index contributed by atoms with van der Waals surface area (Å²) in [4.78, 5) is 4.37. The van der Waals surface area contributed by atoms with E-state index in [4.69, 9.17) is 8.94 Å². The van der Waals surface area contributed by atoms with Gasteiger partial charge in [0.1, 0.15) is 11.5 Å². The Morgan fingerprint density at radius 1 is 1.37 bits per heavy atom. The summed E-state index contributed by atoms with van der Waals surface area (Å²) < 4.78 is 10.9. The second-order valence-electron chi connectivity index (χ2n) is 5.69. The van der Waals surface area contributed by atoms with E-state index in [-0.39, 0.29) is 10.7 Å². The average molecular weight is 280 g/mol. The Bertz CT molecular complexity index is 540. The highest BCUT2D eigenvalue weighted by atomic mass is 32.2. The molecule has 2 rings (SSSR count). The second kappa shape index (κ2) is 5.41. The quantitative estimate of drug-likeness (QED) is 0.837. The van der Waals surface area contributed by atoms with E-state index in [1.54, 1.807) is 11.8 Å². The van der Waals surface area contributed by atoms with Gasteiger partial charge in [-0.15, -0.1) is 11.8 Å². The molecule has 5 heteroatoms. The first kappa shape index (κ1) is 14.2. The molecule has 0 radical (unpaired) electrons. The van der Waals surface area contributed by atoms with Crippen LogP contribution in [0.1, 0.15) is 56.1 Å². The average Bonchev–Trinajstić information content (AvgIpc) is 2.93. The molecule has 0 spiro atoms. The van der Waals surface area contributed by atoms with Crippen LogP contribution in [-0.4, -0.2) is 10.1 Å². The van der Waals surface area contributed by atoms with E-state index in [0.29, 0.717) is 0 Å². The molecular weight excluding hydrogens is 260 g/mol. The molecule has 19 heavy (non-hydrogen) atoms. The first-order valence-corrected chi connectivity index (χ1v) is 7.41. The zero-order chi connectivity index (χ0) is 14.0. The van der Waals surface area contributed by atoms with Crippen molar-refractivity contribution in [3.05, 3.63) is 35.4 Å². The summed E-state index contributed by atoms with van der Waals surface area (Å²) in [6.45, 7) is 10.3. The fourth-order valence-electron chi connectivity index (χ4n) is 1.59. The zero-order valence-corrected chi connectivity index (χ0v) is 12.9. The lowest BCUT2D eigenvalue weighted by atomic mass is 9.94. The second-order valence-corrected chi connectivity index (χ2v) is 7.02. The standard InChI is InChI=1S/C14H20N2O2S/c1-9-6-11(16-18-9)8-19-10(2)13-15-7-12(17-13)14(3,4)5/h6-7,10H,8H2,1-5H3/t10-/m0/s1. The predicted octanol–water partition coefficient (Wildman–Crippen LogP) is 4.26. The normalized spacial score (nSPS) is 13.7. The van der Waals surface area contributed by atoms with Crippen LogP contribution in [0.2, 0.25) is 0 Å². The highest BCUT2D eigenvalue weighted by Crippen LogP contribution is 2.32. The molecular formula is C14H20N2O2S. The molecule has 2 heterocycles. The first-order chi connectivity index (χ1) is 8.86. The Kier molecular flexibility index (Phi) is 4.04. The zero-order valence-electron chi connectivity index (χ0n) is 12.1. The smallest absolute Gasteiger partial charge is 0.207 e. The monoisotopic (exact) mass is 280 g/mol. The molecule has 4 nitrogen and oxygen atoms in total. The van der Waals surface area contributed by atoms with Crippen LogP contribution in [0.5, 0.6) is 0 Å². The van der Waals surface area contributed by atoms with Crippen LogP contribution < -0.4 is 0 Å². The minimum absolute atomic E-state index is 0.00113. The van der Waals surface area contributed by atoms with Gasteiger partial charge in [0, 0.05) is 17.2 Å². The summed E-state index contributed by atoms with van der Waals surface area (Å²) in [5, 5.41) is 4.18. The third-order valence-electron chi connectivity index (χ3n) is 2.77. The van der Waals surface area contributed by atoms with Gasteiger partial charge in [-0.3, -0.25) is 0 Å². The lowest BCUT2D eigenvalue weighted by Gasteiger charge is -2.13. The van der Waals surface area contributed by atoms with Gasteiger partial charge in [-0.2, -0.15) is 0 Å². The summed E-state index contributed by atoms with van der Waals surface area (Å²) >= 11 is 1.74. The molecule has 0 unspecified atom stereocenters. The Morgan fingerprint density at radius 3 is 2.63 bits per heavy atom. The van der Waals surface area contributed by atoms with Gasteiger partial charge in [-0.1, -0.05) is 25.9 Å². The Hall–Kier alpha value is -1.23. The minimum Gasteiger partial charge on any atom is -0.444 e. The lowest BCUT2D eigenvalue weighted by Crippen LogP contribution is -2.09. The number of aromatic nitrogens is 2. The molecule has 104 valence electrons. The summed E-state index contributed by atoms with van der Waals surface area (Å²) in [6, 6.07) is 1.95. The lowest BCUT2D eigenvalue weighted by molar-refractivity contribution is 0.383. The van der Waals surface area contributed by atoms with E-state index in [9.17, 15) is 0 Å². The van der Waals surface area contributed by atoms with Gasteiger partial charge in [0.25, 0.3) is 0 Å². The Balaban J connectivity index is 1.96. The molecule has 0 aliphatic heterocycles. The number of hydrogen-bond donors (Lipinski definition) is 0. The third kappa shape index (κ3) is 3.62. The van der Waals surface area contributed by atoms with E-state index in [2.05, 4.69) is 37.8 Å². The van der Waals surface area contributed by atoms with Crippen LogP contribution in [-0.2, 0) is 11.2 Å². The van der Waals surface area contributed by atoms with Crippen molar-refractivity contribution in [3.8, 4) is 0 Å². The number of thioether (sulfide) groups is 1. The predicted molar refractivity (Wildman–Crippen MR) is 76.2 cm³/mol. The number of rotatable bonds is 4. The maximum atomic E-state index is 5.83. The van der Waals surface area contributed by atoms with Crippen LogP contribution in [0.3, 0.4) is 0 Å². The molecule has 2 aromatic heterocycles. The van der Waals surface area contributed by atoms with Gasteiger partial charge < -0.3 is 8.94 Å². The van der Waals surface area contributed by atoms with Crippen molar-refractivity contribution in [2.24, 2.45) is 0 Å². The van der Waals surface area contributed by atoms with Gasteiger partial charge in [-0.25, -0.2) is 4.98 Å². The minimum atomic E-state index is -0.00113. The van der Waals surface area contributed by atoms with Gasteiger partial charge in [0.05, 0.1) is 17.1 Å². The van der Waals surface area contributed by atoms with Crippen LogP contribution in [0.25, 0.3) is 0 Å². The molecule has 0 fully saturated rings. The molecule has 2 aromatic rings. The molecule has 0 aliphatic carbocycles. The van der Waals surface area contributed by atoms with E-state index >= 15 is 0 Å². The number of nitrogens with zero attached hydrogens (tertiary/aromatic N) is 2. The van der Waals surface area contributed by atoms with Crippen LogP contribution in [0.4, 0.5) is 0 Å². The van der Waals surface area contributed by atoms with Gasteiger partial charge in [0.15, 0.2) is 0 Å². The van der Waals surface area contributed by atoms with E-state index in [1.807, 2.05) is 19.2 Å². The maximum absolute atomic E-state index is 5.83. The van der Waals surface area contributed by atoms with Crippen molar-refractivity contribution < 1.29 is 8.94 Å².